The van der Waals surface area contributed by atoms with Gasteiger partial charge in [-0.15, -0.1) is 0 Å². The second kappa shape index (κ2) is 3.69. The van der Waals surface area contributed by atoms with Crippen LogP contribution in [-0.2, 0) is 0 Å². The minimum Gasteiger partial charge on any atom is -0.360 e. The zero-order chi connectivity index (χ0) is 10.8. The van der Waals surface area contributed by atoms with Crippen LogP contribution in [0.5, 0.6) is 0 Å². The molecule has 0 aliphatic carbocycles. The molecular formula is C12H12N2O. The van der Waals surface area contributed by atoms with E-state index in [0.717, 1.165) is 10.9 Å². The molecule has 2 N–H and O–H groups in total. The van der Waals surface area contributed by atoms with Crippen molar-refractivity contribution in [2.45, 2.75) is 6.92 Å². The van der Waals surface area contributed by atoms with Gasteiger partial charge in [-0.3, -0.25) is 4.79 Å². The van der Waals surface area contributed by atoms with Crippen LogP contribution in [0.25, 0.3) is 10.9 Å². The molecule has 1 atom stereocenters. The van der Waals surface area contributed by atoms with Crippen molar-refractivity contribution < 1.29 is 4.79 Å². The maximum atomic E-state index is 11.9. The molecule has 76 valence electrons. The van der Waals surface area contributed by atoms with Gasteiger partial charge in [0.05, 0.1) is 5.92 Å². The number of nitrogens with one attached hydrogen (secondary N) is 2. The quantitative estimate of drug-likeness (QED) is 0.580. The summed E-state index contributed by atoms with van der Waals surface area (Å²) >= 11 is 0. The van der Waals surface area contributed by atoms with E-state index in [1.807, 2.05) is 24.3 Å². The van der Waals surface area contributed by atoms with Crippen molar-refractivity contribution in [2.24, 2.45) is 5.92 Å². The maximum Gasteiger partial charge on any atom is 0.173 e. The molecule has 1 aromatic heterocycles. The van der Waals surface area contributed by atoms with Gasteiger partial charge >= 0.3 is 0 Å². The van der Waals surface area contributed by atoms with Gasteiger partial charge in [0.25, 0.3) is 0 Å². The molecule has 1 heterocycles. The lowest BCUT2D eigenvalue weighted by atomic mass is 10.00. The van der Waals surface area contributed by atoms with Crippen LogP contribution in [0.2, 0.25) is 0 Å². The van der Waals surface area contributed by atoms with E-state index in [0.29, 0.717) is 5.56 Å². The number of carbonyl (C=O) groups is 1. The average molecular weight is 200 g/mol. The summed E-state index contributed by atoms with van der Waals surface area (Å²) < 4.78 is 0. The van der Waals surface area contributed by atoms with Crippen LogP contribution in [0.15, 0.2) is 30.5 Å². The largest absolute Gasteiger partial charge is 0.360 e. The first-order valence-corrected chi connectivity index (χ1v) is 4.85. The Labute approximate surface area is 87.6 Å². The van der Waals surface area contributed by atoms with Crippen molar-refractivity contribution in [1.29, 1.82) is 5.41 Å². The highest BCUT2D eigenvalue weighted by Gasteiger charge is 2.16. The summed E-state index contributed by atoms with van der Waals surface area (Å²) in [4.78, 5) is 14.9. The number of hydrogen-bond acceptors (Lipinski definition) is 2. The van der Waals surface area contributed by atoms with Crippen molar-refractivity contribution in [3.05, 3.63) is 36.0 Å². The van der Waals surface area contributed by atoms with Crippen LogP contribution in [0, 0.1) is 11.3 Å². The number of carbonyl (C=O) groups excluding carboxylic acids is 1. The van der Waals surface area contributed by atoms with Gasteiger partial charge in [-0.25, -0.2) is 0 Å². The van der Waals surface area contributed by atoms with E-state index in [1.165, 1.54) is 6.21 Å². The second-order valence-corrected chi connectivity index (χ2v) is 3.57. The van der Waals surface area contributed by atoms with Gasteiger partial charge in [0.2, 0.25) is 0 Å². The van der Waals surface area contributed by atoms with E-state index in [1.54, 1.807) is 13.1 Å². The summed E-state index contributed by atoms with van der Waals surface area (Å²) in [5, 5.41) is 8.02. The topological polar surface area (TPSA) is 56.7 Å². The maximum absolute atomic E-state index is 11.9. The van der Waals surface area contributed by atoms with E-state index in [-0.39, 0.29) is 11.7 Å². The van der Waals surface area contributed by atoms with Crippen molar-refractivity contribution >= 4 is 22.9 Å². The number of rotatable bonds is 3. The lowest BCUT2D eigenvalue weighted by Gasteiger charge is -2.01. The van der Waals surface area contributed by atoms with Crippen LogP contribution in [0.3, 0.4) is 0 Å². The molecule has 2 aromatic rings. The number of fused-ring (bicyclic) bond motifs is 1. The molecule has 0 amide bonds. The van der Waals surface area contributed by atoms with Crippen LogP contribution in [0.4, 0.5) is 0 Å². The highest BCUT2D eigenvalue weighted by molar-refractivity contribution is 6.13. The molecule has 0 saturated carbocycles. The predicted octanol–water partition coefficient (Wildman–Crippen LogP) is 2.64. The molecule has 1 unspecified atom stereocenters. The molecule has 0 saturated heterocycles. The molecule has 0 bridgehead atoms. The smallest absolute Gasteiger partial charge is 0.173 e. The predicted molar refractivity (Wildman–Crippen MR) is 60.6 cm³/mol. The van der Waals surface area contributed by atoms with Crippen molar-refractivity contribution in [1.82, 2.24) is 4.98 Å². The first-order valence-electron chi connectivity index (χ1n) is 4.85. The highest BCUT2D eigenvalue weighted by atomic mass is 16.1. The molecule has 15 heavy (non-hydrogen) atoms. The molecule has 0 fully saturated rings. The monoisotopic (exact) mass is 200 g/mol. The Kier molecular flexibility index (Phi) is 2.37. The van der Waals surface area contributed by atoms with Crippen molar-refractivity contribution in [3.8, 4) is 0 Å². The summed E-state index contributed by atoms with van der Waals surface area (Å²) in [5.41, 5.74) is 1.62. The van der Waals surface area contributed by atoms with Crippen LogP contribution < -0.4 is 0 Å². The lowest BCUT2D eigenvalue weighted by Crippen LogP contribution is -2.11. The second-order valence-electron chi connectivity index (χ2n) is 3.57. The third-order valence-corrected chi connectivity index (χ3v) is 2.52. The third kappa shape index (κ3) is 1.56. The molecule has 3 nitrogen and oxygen atoms in total. The van der Waals surface area contributed by atoms with Crippen molar-refractivity contribution in [3.63, 3.8) is 0 Å². The summed E-state index contributed by atoms with van der Waals surface area (Å²) in [6.07, 6.45) is 2.89. The number of aromatic nitrogens is 1. The molecular weight excluding hydrogens is 188 g/mol. The Morgan fingerprint density at radius 3 is 2.93 bits per heavy atom. The number of aromatic amines is 1. The Bertz CT molecular complexity index is 513. The molecule has 3 heteroatoms. The fourth-order valence-corrected chi connectivity index (χ4v) is 1.60. The highest BCUT2D eigenvalue weighted by Crippen LogP contribution is 2.20. The Morgan fingerprint density at radius 2 is 2.20 bits per heavy atom. The van der Waals surface area contributed by atoms with E-state index < -0.39 is 0 Å². The summed E-state index contributed by atoms with van der Waals surface area (Å²) in [6.45, 7) is 1.73. The van der Waals surface area contributed by atoms with E-state index in [2.05, 4.69) is 4.98 Å². The number of H-pyrrole nitrogens is 1. The standard InChI is InChI=1S/C12H12N2O/c1-8(6-13)12(15)10-7-14-11-5-3-2-4-9(10)11/h2-8,13-14H,1H3. The molecule has 1 aromatic carbocycles. The van der Waals surface area contributed by atoms with Crippen LogP contribution in [0.1, 0.15) is 17.3 Å². The van der Waals surface area contributed by atoms with E-state index in [4.69, 9.17) is 5.41 Å². The van der Waals surface area contributed by atoms with E-state index in [9.17, 15) is 4.79 Å². The summed E-state index contributed by atoms with van der Waals surface area (Å²) in [6, 6.07) is 7.67. The first kappa shape index (κ1) is 9.65. The Morgan fingerprint density at radius 1 is 1.47 bits per heavy atom. The van der Waals surface area contributed by atoms with Crippen LogP contribution in [-0.4, -0.2) is 17.0 Å². The lowest BCUT2D eigenvalue weighted by molar-refractivity contribution is 0.0965. The fraction of sp³-hybridized carbons (Fsp3) is 0.167. The SMILES string of the molecule is CC(C=N)C(=O)c1c[nH]c2ccccc12. The number of benzene rings is 1. The van der Waals surface area contributed by atoms with Gasteiger partial charge in [0.15, 0.2) is 5.78 Å². The molecule has 0 radical (unpaired) electrons. The summed E-state index contributed by atoms with van der Waals surface area (Å²) in [5.74, 6) is -0.369. The van der Waals surface area contributed by atoms with Gasteiger partial charge in [0, 0.05) is 28.9 Å². The van der Waals surface area contributed by atoms with Gasteiger partial charge in [-0.1, -0.05) is 25.1 Å². The number of ketones is 1. The van der Waals surface area contributed by atoms with E-state index >= 15 is 0 Å². The Balaban J connectivity index is 2.53. The number of para-hydroxylation sites is 1. The zero-order valence-electron chi connectivity index (χ0n) is 8.45. The minimum absolute atomic E-state index is 0.0116. The normalized spacial score (nSPS) is 12.6. The number of hydrogen-bond donors (Lipinski definition) is 2. The van der Waals surface area contributed by atoms with Gasteiger partial charge < -0.3 is 10.4 Å². The average Bonchev–Trinajstić information content (AvgIpc) is 2.70. The number of Topliss-reactive ketones (excluding diaryl/α,β-unsaturated/α-hetero) is 1. The van der Waals surface area contributed by atoms with Crippen LogP contribution >= 0.6 is 0 Å². The molecule has 2 rings (SSSR count). The van der Waals surface area contributed by atoms with Crippen molar-refractivity contribution in [2.75, 3.05) is 0 Å². The van der Waals surface area contributed by atoms with Gasteiger partial charge in [-0.2, -0.15) is 0 Å². The molecule has 0 aliphatic rings. The van der Waals surface area contributed by atoms with Gasteiger partial charge in [0.1, 0.15) is 0 Å². The minimum atomic E-state index is -0.357. The molecule has 0 aliphatic heterocycles. The fourth-order valence-electron chi connectivity index (χ4n) is 1.60. The zero-order valence-corrected chi connectivity index (χ0v) is 8.45. The Hall–Kier alpha value is -1.90. The first-order chi connectivity index (χ1) is 7.24. The molecule has 0 spiro atoms. The third-order valence-electron chi connectivity index (χ3n) is 2.52. The van der Waals surface area contributed by atoms with Gasteiger partial charge in [-0.05, 0) is 6.07 Å². The summed E-state index contributed by atoms with van der Waals surface area (Å²) in [7, 11) is 0.